The van der Waals surface area contributed by atoms with Crippen molar-refractivity contribution < 1.29 is 4.74 Å². The highest BCUT2D eigenvalue weighted by Gasteiger charge is 2.14. The lowest BCUT2D eigenvalue weighted by molar-refractivity contribution is 0.330. The Hall–Kier alpha value is -0.980. The van der Waals surface area contributed by atoms with Gasteiger partial charge in [-0.2, -0.15) is 0 Å². The van der Waals surface area contributed by atoms with Crippen LogP contribution in [0.2, 0.25) is 0 Å². The van der Waals surface area contributed by atoms with E-state index in [1.165, 1.54) is 11.1 Å². The molecule has 83 valence electrons. The van der Waals surface area contributed by atoms with Gasteiger partial charge < -0.3 is 4.74 Å². The van der Waals surface area contributed by atoms with Gasteiger partial charge >= 0.3 is 0 Å². The van der Waals surface area contributed by atoms with E-state index >= 15 is 0 Å². The van der Waals surface area contributed by atoms with Crippen molar-refractivity contribution in [3.8, 4) is 5.75 Å². The summed E-state index contributed by atoms with van der Waals surface area (Å²) >= 11 is 0. The van der Waals surface area contributed by atoms with Crippen LogP contribution in [0.4, 0.5) is 0 Å². The summed E-state index contributed by atoms with van der Waals surface area (Å²) in [6.07, 6.45) is 0. The second-order valence-electron chi connectivity index (χ2n) is 4.44. The van der Waals surface area contributed by atoms with Gasteiger partial charge in [0.2, 0.25) is 0 Å². The maximum Gasteiger partial charge on any atom is 0.126 e. The third kappa shape index (κ3) is 2.74. The van der Waals surface area contributed by atoms with Crippen molar-refractivity contribution in [2.75, 3.05) is 6.61 Å². The topological polar surface area (TPSA) is 9.23 Å². The molecule has 0 aliphatic rings. The Balaban J connectivity index is 3.21. The third-order valence-corrected chi connectivity index (χ3v) is 2.53. The highest BCUT2D eigenvalue weighted by atomic mass is 16.5. The lowest BCUT2D eigenvalue weighted by Crippen LogP contribution is -2.03. The summed E-state index contributed by atoms with van der Waals surface area (Å²) in [5.41, 5.74) is 2.53. The summed E-state index contributed by atoms with van der Waals surface area (Å²) in [4.78, 5) is 0. The molecule has 0 atom stereocenters. The zero-order valence-electron chi connectivity index (χ0n) is 10.4. The molecule has 0 amide bonds. The molecule has 0 spiro atoms. The number of hydrogen-bond acceptors (Lipinski definition) is 1. The van der Waals surface area contributed by atoms with Gasteiger partial charge in [0.15, 0.2) is 0 Å². The van der Waals surface area contributed by atoms with Crippen molar-refractivity contribution in [1.29, 1.82) is 0 Å². The minimum atomic E-state index is 0.487. The van der Waals surface area contributed by atoms with Gasteiger partial charge in [-0.3, -0.25) is 0 Å². The summed E-state index contributed by atoms with van der Waals surface area (Å²) < 4.78 is 5.77. The van der Waals surface area contributed by atoms with E-state index in [9.17, 15) is 0 Å². The predicted octanol–water partition coefficient (Wildman–Crippen LogP) is 4.13. The minimum Gasteiger partial charge on any atom is -0.493 e. The molecule has 0 N–H and O–H groups in total. The number of ether oxygens (including phenoxy) is 1. The second-order valence-corrected chi connectivity index (χ2v) is 4.44. The van der Waals surface area contributed by atoms with Crippen LogP contribution in [-0.2, 0) is 0 Å². The lowest BCUT2D eigenvalue weighted by Gasteiger charge is -2.18. The van der Waals surface area contributed by atoms with Crippen LogP contribution in [-0.4, -0.2) is 6.61 Å². The van der Waals surface area contributed by atoms with Crippen molar-refractivity contribution in [3.63, 3.8) is 0 Å². The summed E-state index contributed by atoms with van der Waals surface area (Å²) in [6.45, 7) is 11.5. The fourth-order valence-corrected chi connectivity index (χ4v) is 1.69. The van der Waals surface area contributed by atoms with Crippen LogP contribution in [0.3, 0.4) is 0 Å². The molecular formula is C14H21O. The van der Waals surface area contributed by atoms with E-state index < -0.39 is 0 Å². The molecule has 1 radical (unpaired) electrons. The van der Waals surface area contributed by atoms with Gasteiger partial charge in [-0.1, -0.05) is 27.7 Å². The fraction of sp³-hybridized carbons (Fsp3) is 0.571. The average Bonchev–Trinajstić information content (AvgIpc) is 2.17. The molecule has 0 bridgehead atoms. The molecule has 0 unspecified atom stereocenters. The number of benzene rings is 1. The molecule has 0 aromatic heterocycles. The first kappa shape index (κ1) is 12.1. The molecule has 0 aliphatic heterocycles. The average molecular weight is 205 g/mol. The number of hydrogen-bond donors (Lipinski definition) is 0. The van der Waals surface area contributed by atoms with Gasteiger partial charge in [0.1, 0.15) is 5.75 Å². The highest BCUT2D eigenvalue weighted by Crippen LogP contribution is 2.34. The van der Waals surface area contributed by atoms with Crippen LogP contribution in [0.15, 0.2) is 12.1 Å². The Morgan fingerprint density at radius 3 is 1.87 bits per heavy atom. The third-order valence-electron chi connectivity index (χ3n) is 2.53. The van der Waals surface area contributed by atoms with Crippen LogP contribution < -0.4 is 4.74 Å². The zero-order chi connectivity index (χ0) is 11.4. The summed E-state index contributed by atoms with van der Waals surface area (Å²) in [7, 11) is 0. The monoisotopic (exact) mass is 205 g/mol. The smallest absolute Gasteiger partial charge is 0.126 e. The van der Waals surface area contributed by atoms with Crippen molar-refractivity contribution in [1.82, 2.24) is 0 Å². The molecule has 1 nitrogen and oxygen atoms in total. The largest absolute Gasteiger partial charge is 0.493 e. The van der Waals surface area contributed by atoms with Crippen molar-refractivity contribution in [2.45, 2.75) is 46.5 Å². The summed E-state index contributed by atoms with van der Waals surface area (Å²) in [5, 5.41) is 0. The maximum absolute atomic E-state index is 5.77. The molecule has 1 heteroatoms. The Labute approximate surface area is 93.5 Å². The van der Waals surface area contributed by atoms with Crippen LogP contribution in [0.1, 0.15) is 57.6 Å². The van der Waals surface area contributed by atoms with Gasteiger partial charge in [-0.15, -0.1) is 0 Å². The normalized spacial score (nSPS) is 11.1. The Bertz CT molecular complexity index is 287. The maximum atomic E-state index is 5.77. The van der Waals surface area contributed by atoms with E-state index in [2.05, 4.69) is 33.8 Å². The van der Waals surface area contributed by atoms with E-state index in [1.807, 2.05) is 19.1 Å². The molecule has 15 heavy (non-hydrogen) atoms. The zero-order valence-corrected chi connectivity index (χ0v) is 10.4. The van der Waals surface area contributed by atoms with E-state index in [1.54, 1.807) is 0 Å². The molecule has 0 saturated carbocycles. The molecule has 0 fully saturated rings. The quantitative estimate of drug-likeness (QED) is 0.718. The first-order valence-electron chi connectivity index (χ1n) is 5.74. The van der Waals surface area contributed by atoms with Crippen molar-refractivity contribution in [2.24, 2.45) is 0 Å². The van der Waals surface area contributed by atoms with Gasteiger partial charge in [0.25, 0.3) is 0 Å². The standard InChI is InChI=1S/C14H21O/c1-6-15-14-12(10(2)3)8-7-9-13(14)11(4)5/h8-11H,6H2,1-5H3. The van der Waals surface area contributed by atoms with E-state index in [4.69, 9.17) is 4.74 Å². The highest BCUT2D eigenvalue weighted by molar-refractivity contribution is 5.44. The molecule has 0 aliphatic carbocycles. The fourth-order valence-electron chi connectivity index (χ4n) is 1.69. The Morgan fingerprint density at radius 2 is 1.53 bits per heavy atom. The van der Waals surface area contributed by atoms with E-state index in [0.29, 0.717) is 11.8 Å². The van der Waals surface area contributed by atoms with Gasteiger partial charge in [0.05, 0.1) is 6.61 Å². The van der Waals surface area contributed by atoms with Crippen molar-refractivity contribution in [3.05, 3.63) is 29.3 Å². The second kappa shape index (κ2) is 5.20. The molecular weight excluding hydrogens is 184 g/mol. The predicted molar refractivity (Wildman–Crippen MR) is 64.6 cm³/mol. The summed E-state index contributed by atoms with van der Waals surface area (Å²) in [6, 6.07) is 7.30. The first-order chi connectivity index (χ1) is 7.07. The van der Waals surface area contributed by atoms with Gasteiger partial charge in [-0.25, -0.2) is 0 Å². The van der Waals surface area contributed by atoms with Crippen LogP contribution in [0.5, 0.6) is 5.75 Å². The Kier molecular flexibility index (Phi) is 4.19. The van der Waals surface area contributed by atoms with Crippen LogP contribution in [0.25, 0.3) is 0 Å². The van der Waals surface area contributed by atoms with Crippen molar-refractivity contribution >= 4 is 0 Å². The first-order valence-corrected chi connectivity index (χ1v) is 5.74. The Morgan fingerprint density at radius 1 is 1.07 bits per heavy atom. The molecule has 0 heterocycles. The SMILES string of the molecule is CCOc1c(C(C)C)c[c]cc1C(C)C. The molecule has 0 saturated heterocycles. The lowest BCUT2D eigenvalue weighted by atomic mass is 9.94. The van der Waals surface area contributed by atoms with Gasteiger partial charge in [-0.05, 0) is 48.1 Å². The molecule has 1 rings (SSSR count). The van der Waals surface area contributed by atoms with Gasteiger partial charge in [0, 0.05) is 0 Å². The van der Waals surface area contributed by atoms with E-state index in [-0.39, 0.29) is 0 Å². The summed E-state index contributed by atoms with van der Waals surface area (Å²) in [5.74, 6) is 2.05. The minimum absolute atomic E-state index is 0.487. The van der Waals surface area contributed by atoms with Crippen LogP contribution >= 0.6 is 0 Å². The van der Waals surface area contributed by atoms with Crippen LogP contribution in [0, 0.1) is 6.07 Å². The molecule has 1 aromatic rings. The van der Waals surface area contributed by atoms with E-state index in [0.717, 1.165) is 12.4 Å². The number of rotatable bonds is 4. The molecule has 1 aromatic carbocycles.